The van der Waals surface area contributed by atoms with Crippen molar-refractivity contribution in [3.05, 3.63) is 95.2 Å². The lowest BCUT2D eigenvalue weighted by Crippen LogP contribution is -2.29. The molecule has 1 aliphatic heterocycles. The number of furan rings is 1. The van der Waals surface area contributed by atoms with Gasteiger partial charge in [-0.15, -0.1) is 0 Å². The van der Waals surface area contributed by atoms with E-state index in [-0.39, 0.29) is 17.9 Å². The lowest BCUT2D eigenvalue weighted by molar-refractivity contribution is -0.140. The van der Waals surface area contributed by atoms with Gasteiger partial charge in [0.2, 0.25) is 0 Å². The van der Waals surface area contributed by atoms with Gasteiger partial charge in [0, 0.05) is 18.0 Å². The number of Topliss-reactive ketones (excluding diaryl/α,β-unsaturated/α-hetero) is 1. The summed E-state index contributed by atoms with van der Waals surface area (Å²) < 4.78 is 5.36. The molecule has 1 saturated heterocycles. The molecule has 1 N–H and O–H groups in total. The summed E-state index contributed by atoms with van der Waals surface area (Å²) in [4.78, 5) is 31.1. The van der Waals surface area contributed by atoms with Gasteiger partial charge in [-0.2, -0.15) is 0 Å². The van der Waals surface area contributed by atoms with E-state index in [2.05, 4.69) is 4.98 Å². The number of aryl methyl sites for hydroxylation is 1. The van der Waals surface area contributed by atoms with E-state index >= 15 is 0 Å². The number of aliphatic hydroxyl groups excluding tert-OH is 1. The molecule has 0 spiro atoms. The Kier molecular flexibility index (Phi) is 4.53. The first-order valence-corrected chi connectivity index (χ1v) is 8.84. The summed E-state index contributed by atoms with van der Waals surface area (Å²) in [6, 6.07) is 13.3. The Hall–Kier alpha value is -3.67. The first-order chi connectivity index (χ1) is 13.6. The third-order valence-corrected chi connectivity index (χ3v) is 4.77. The molecule has 0 aliphatic carbocycles. The monoisotopic (exact) mass is 374 g/mol. The second-order valence-corrected chi connectivity index (χ2v) is 6.66. The molecule has 1 fully saturated rings. The van der Waals surface area contributed by atoms with Gasteiger partial charge < -0.3 is 14.4 Å². The Morgan fingerprint density at radius 1 is 1.14 bits per heavy atom. The number of carbonyl (C=O) groups excluding carboxylic acids is 2. The summed E-state index contributed by atoms with van der Waals surface area (Å²) in [5.74, 6) is -1.06. The number of likely N-dealkylation sites (tertiary alicyclic amines) is 1. The number of ketones is 1. The molecule has 2 aromatic heterocycles. The Balaban J connectivity index is 1.85. The largest absolute Gasteiger partial charge is 0.507 e. The Bertz CT molecular complexity index is 1040. The smallest absolute Gasteiger partial charge is 0.296 e. The minimum atomic E-state index is -0.750. The van der Waals surface area contributed by atoms with Gasteiger partial charge in [0.25, 0.3) is 11.7 Å². The molecular weight excluding hydrogens is 356 g/mol. The third-order valence-electron chi connectivity index (χ3n) is 4.77. The highest BCUT2D eigenvalue weighted by Crippen LogP contribution is 2.40. The van der Waals surface area contributed by atoms with E-state index in [9.17, 15) is 14.7 Å². The average Bonchev–Trinajstić information content (AvgIpc) is 3.31. The lowest BCUT2D eigenvalue weighted by Gasteiger charge is -2.24. The fourth-order valence-electron chi connectivity index (χ4n) is 3.36. The molecule has 140 valence electrons. The van der Waals surface area contributed by atoms with Crippen molar-refractivity contribution in [1.82, 2.24) is 9.88 Å². The van der Waals surface area contributed by atoms with Crippen LogP contribution in [-0.2, 0) is 16.1 Å². The van der Waals surface area contributed by atoms with Crippen molar-refractivity contribution in [2.45, 2.75) is 19.5 Å². The number of aromatic nitrogens is 1. The number of nitrogens with zero attached hydrogens (tertiary/aromatic N) is 2. The molecule has 28 heavy (non-hydrogen) atoms. The van der Waals surface area contributed by atoms with Crippen LogP contribution in [0.25, 0.3) is 5.76 Å². The number of pyridine rings is 1. The van der Waals surface area contributed by atoms with E-state index in [0.717, 1.165) is 5.56 Å². The summed E-state index contributed by atoms with van der Waals surface area (Å²) in [6.45, 7) is 2.05. The molecule has 1 aromatic carbocycles. The number of hydrogen-bond donors (Lipinski definition) is 1. The second kappa shape index (κ2) is 7.15. The quantitative estimate of drug-likeness (QED) is 0.428. The minimum Gasteiger partial charge on any atom is -0.507 e. The normalized spacial score (nSPS) is 18.6. The van der Waals surface area contributed by atoms with Gasteiger partial charge in [0.1, 0.15) is 11.5 Å². The number of benzene rings is 1. The molecule has 1 unspecified atom stereocenters. The zero-order valence-electron chi connectivity index (χ0n) is 15.2. The molecule has 3 aromatic rings. The number of rotatable bonds is 4. The maximum atomic E-state index is 12.8. The Morgan fingerprint density at radius 2 is 1.93 bits per heavy atom. The van der Waals surface area contributed by atoms with Crippen molar-refractivity contribution in [2.24, 2.45) is 0 Å². The van der Waals surface area contributed by atoms with Gasteiger partial charge >= 0.3 is 0 Å². The molecule has 1 atom stereocenters. The summed E-state index contributed by atoms with van der Waals surface area (Å²) in [7, 11) is 0. The van der Waals surface area contributed by atoms with Crippen LogP contribution in [0.5, 0.6) is 0 Å². The van der Waals surface area contributed by atoms with E-state index in [1.54, 1.807) is 48.8 Å². The lowest BCUT2D eigenvalue weighted by atomic mass is 9.96. The first kappa shape index (κ1) is 17.7. The van der Waals surface area contributed by atoms with Crippen LogP contribution >= 0.6 is 0 Å². The van der Waals surface area contributed by atoms with Gasteiger partial charge in [-0.1, -0.05) is 35.9 Å². The molecule has 1 amide bonds. The topological polar surface area (TPSA) is 83.6 Å². The summed E-state index contributed by atoms with van der Waals surface area (Å²) in [5.41, 5.74) is 2.20. The van der Waals surface area contributed by atoms with Crippen molar-refractivity contribution in [3.8, 4) is 0 Å². The SMILES string of the molecule is Cc1ccc(C(O)=C2C(=O)C(=O)N(Cc3ccco3)C2c2cccnc2)cc1. The molecule has 0 saturated carbocycles. The van der Waals surface area contributed by atoms with Crippen LogP contribution in [0.4, 0.5) is 0 Å². The third kappa shape index (κ3) is 3.09. The van der Waals surface area contributed by atoms with Crippen LogP contribution in [0.2, 0.25) is 0 Å². The first-order valence-electron chi connectivity index (χ1n) is 8.84. The van der Waals surface area contributed by atoms with Crippen LogP contribution in [0, 0.1) is 6.92 Å². The van der Waals surface area contributed by atoms with E-state index in [4.69, 9.17) is 4.42 Å². The Labute approximate surface area is 161 Å². The maximum absolute atomic E-state index is 12.8. The standard InChI is InChI=1S/C22H18N2O4/c1-14-6-8-15(9-7-14)20(25)18-19(16-4-2-10-23-12-16)24(22(27)21(18)26)13-17-5-3-11-28-17/h2-12,19,25H,13H2,1H3. The van der Waals surface area contributed by atoms with Crippen molar-refractivity contribution >= 4 is 17.4 Å². The fourth-order valence-corrected chi connectivity index (χ4v) is 3.36. The maximum Gasteiger partial charge on any atom is 0.296 e. The van der Waals surface area contributed by atoms with E-state index in [1.807, 2.05) is 19.1 Å². The van der Waals surface area contributed by atoms with Crippen LogP contribution in [-0.4, -0.2) is 26.7 Å². The molecule has 0 bridgehead atoms. The summed E-state index contributed by atoms with van der Waals surface area (Å²) in [6.07, 6.45) is 4.72. The number of aliphatic hydroxyl groups is 1. The van der Waals surface area contributed by atoms with Crippen molar-refractivity contribution in [1.29, 1.82) is 0 Å². The van der Waals surface area contributed by atoms with E-state index in [0.29, 0.717) is 16.9 Å². The van der Waals surface area contributed by atoms with E-state index in [1.165, 1.54) is 11.2 Å². The minimum absolute atomic E-state index is 0.0495. The fraction of sp³-hybridized carbons (Fsp3) is 0.136. The van der Waals surface area contributed by atoms with Crippen LogP contribution in [0.1, 0.15) is 28.5 Å². The molecule has 0 radical (unpaired) electrons. The van der Waals surface area contributed by atoms with Crippen molar-refractivity contribution in [2.75, 3.05) is 0 Å². The molecule has 3 heterocycles. The molecular formula is C22H18N2O4. The second-order valence-electron chi connectivity index (χ2n) is 6.66. The van der Waals surface area contributed by atoms with Gasteiger partial charge in [-0.3, -0.25) is 14.6 Å². The summed E-state index contributed by atoms with van der Waals surface area (Å²) >= 11 is 0. The van der Waals surface area contributed by atoms with Gasteiger partial charge in [-0.05, 0) is 30.7 Å². The van der Waals surface area contributed by atoms with Crippen LogP contribution in [0.3, 0.4) is 0 Å². The van der Waals surface area contributed by atoms with Crippen molar-refractivity contribution < 1.29 is 19.1 Å². The highest BCUT2D eigenvalue weighted by molar-refractivity contribution is 6.46. The number of carbonyl (C=O) groups is 2. The van der Waals surface area contributed by atoms with Gasteiger partial charge in [0.15, 0.2) is 0 Å². The van der Waals surface area contributed by atoms with E-state index < -0.39 is 17.7 Å². The predicted molar refractivity (Wildman–Crippen MR) is 102 cm³/mol. The van der Waals surface area contributed by atoms with Crippen LogP contribution in [0.15, 0.2) is 77.2 Å². The van der Waals surface area contributed by atoms with Gasteiger partial charge in [-0.25, -0.2) is 0 Å². The zero-order chi connectivity index (χ0) is 19.7. The highest BCUT2D eigenvalue weighted by atomic mass is 16.3. The van der Waals surface area contributed by atoms with Crippen molar-refractivity contribution in [3.63, 3.8) is 0 Å². The van der Waals surface area contributed by atoms with Crippen LogP contribution < -0.4 is 0 Å². The molecule has 1 aliphatic rings. The number of hydrogen-bond acceptors (Lipinski definition) is 5. The summed E-state index contributed by atoms with van der Waals surface area (Å²) in [5, 5.41) is 10.9. The highest BCUT2D eigenvalue weighted by Gasteiger charge is 2.46. The average molecular weight is 374 g/mol. The molecule has 6 heteroatoms. The number of amides is 1. The molecule has 4 rings (SSSR count). The zero-order valence-corrected chi connectivity index (χ0v) is 15.2. The Morgan fingerprint density at radius 3 is 2.57 bits per heavy atom. The predicted octanol–water partition coefficient (Wildman–Crippen LogP) is 3.60. The van der Waals surface area contributed by atoms with Gasteiger partial charge in [0.05, 0.1) is 24.4 Å². The molecule has 6 nitrogen and oxygen atoms in total.